The van der Waals surface area contributed by atoms with E-state index in [1.54, 1.807) is 11.3 Å². The molecule has 2 heterocycles. The van der Waals surface area contributed by atoms with Crippen molar-refractivity contribution in [2.45, 2.75) is 38.6 Å². The molecule has 0 radical (unpaired) electrons. The van der Waals surface area contributed by atoms with Crippen LogP contribution in [-0.4, -0.2) is 36.5 Å². The molecule has 0 aromatic carbocycles. The van der Waals surface area contributed by atoms with Crippen molar-refractivity contribution >= 4 is 39.8 Å². The number of thiophene rings is 1. The van der Waals surface area contributed by atoms with Crippen LogP contribution in [0.2, 0.25) is 0 Å². The summed E-state index contributed by atoms with van der Waals surface area (Å²) in [4.78, 5) is 14.6. The van der Waals surface area contributed by atoms with Gasteiger partial charge < -0.3 is 10.2 Å². The van der Waals surface area contributed by atoms with Gasteiger partial charge in [-0.05, 0) is 54.5 Å². The zero-order valence-corrected chi connectivity index (χ0v) is 14.3. The lowest BCUT2D eigenvalue weighted by Gasteiger charge is -2.32. The largest absolute Gasteiger partial charge is 0.349 e. The molecular formula is C14H21IN2OS. The topological polar surface area (TPSA) is 32.3 Å². The summed E-state index contributed by atoms with van der Waals surface area (Å²) >= 11 is 3.87. The molecule has 0 aliphatic carbocycles. The maximum atomic E-state index is 12.1. The summed E-state index contributed by atoms with van der Waals surface area (Å²) in [7, 11) is 0. The van der Waals surface area contributed by atoms with Gasteiger partial charge in [-0.2, -0.15) is 0 Å². The third-order valence-electron chi connectivity index (χ3n) is 3.58. The summed E-state index contributed by atoms with van der Waals surface area (Å²) in [6.45, 7) is 5.67. The molecule has 1 saturated heterocycles. The summed E-state index contributed by atoms with van der Waals surface area (Å²) in [5.74, 6) is 0.0891. The monoisotopic (exact) mass is 392 g/mol. The van der Waals surface area contributed by atoms with Crippen LogP contribution >= 0.6 is 33.9 Å². The standard InChI is InChI=1S/C14H21IN2OS/c1-2-3-6-17-7-4-12(5-8-17)16-14(18)11-9-13(15)19-10-11/h9-10,12H,2-8H2,1H3,(H,16,18). The van der Waals surface area contributed by atoms with E-state index in [1.165, 1.54) is 19.4 Å². The molecule has 5 heteroatoms. The fourth-order valence-electron chi connectivity index (χ4n) is 2.38. The van der Waals surface area contributed by atoms with Gasteiger partial charge in [-0.25, -0.2) is 0 Å². The Morgan fingerprint density at radius 2 is 2.26 bits per heavy atom. The van der Waals surface area contributed by atoms with E-state index in [1.807, 2.05) is 11.4 Å². The van der Waals surface area contributed by atoms with Crippen molar-refractivity contribution in [1.29, 1.82) is 0 Å². The average molecular weight is 392 g/mol. The Labute approximate surface area is 132 Å². The Bertz CT molecular complexity index is 413. The summed E-state index contributed by atoms with van der Waals surface area (Å²) in [5, 5.41) is 5.10. The number of halogens is 1. The van der Waals surface area contributed by atoms with E-state index >= 15 is 0 Å². The molecule has 0 unspecified atom stereocenters. The van der Waals surface area contributed by atoms with E-state index in [9.17, 15) is 4.79 Å². The summed E-state index contributed by atoms with van der Waals surface area (Å²) in [5.41, 5.74) is 0.808. The van der Waals surface area contributed by atoms with Crippen molar-refractivity contribution in [3.05, 3.63) is 19.9 Å². The van der Waals surface area contributed by atoms with E-state index in [0.29, 0.717) is 6.04 Å². The van der Waals surface area contributed by atoms with Gasteiger partial charge in [0.05, 0.1) is 8.45 Å². The summed E-state index contributed by atoms with van der Waals surface area (Å²) in [6.07, 6.45) is 4.70. The normalized spacial score (nSPS) is 17.6. The molecule has 0 saturated carbocycles. The van der Waals surface area contributed by atoms with E-state index in [-0.39, 0.29) is 5.91 Å². The Hall–Kier alpha value is -0.140. The molecule has 0 bridgehead atoms. The molecule has 0 spiro atoms. The van der Waals surface area contributed by atoms with E-state index in [4.69, 9.17) is 0 Å². The minimum Gasteiger partial charge on any atom is -0.349 e. The number of hydrogen-bond acceptors (Lipinski definition) is 3. The van der Waals surface area contributed by atoms with E-state index < -0.39 is 0 Å². The highest BCUT2D eigenvalue weighted by Crippen LogP contribution is 2.17. The number of nitrogens with one attached hydrogen (secondary N) is 1. The van der Waals surface area contributed by atoms with Crippen LogP contribution in [0.5, 0.6) is 0 Å². The first-order valence-electron chi connectivity index (χ1n) is 6.96. The van der Waals surface area contributed by atoms with Crippen molar-refractivity contribution in [1.82, 2.24) is 10.2 Å². The molecule has 106 valence electrons. The van der Waals surface area contributed by atoms with Gasteiger partial charge in [-0.3, -0.25) is 4.79 Å². The van der Waals surface area contributed by atoms with Crippen molar-refractivity contribution < 1.29 is 4.79 Å². The minimum absolute atomic E-state index is 0.0891. The summed E-state index contributed by atoms with van der Waals surface area (Å²) < 4.78 is 1.16. The number of unbranched alkanes of at least 4 members (excludes halogenated alkanes) is 1. The number of nitrogens with zero attached hydrogens (tertiary/aromatic N) is 1. The highest BCUT2D eigenvalue weighted by atomic mass is 127. The Kier molecular flexibility index (Phi) is 6.09. The Balaban J connectivity index is 1.75. The van der Waals surface area contributed by atoms with Crippen LogP contribution in [0.15, 0.2) is 11.4 Å². The number of rotatable bonds is 5. The molecule has 2 rings (SSSR count). The van der Waals surface area contributed by atoms with Gasteiger partial charge in [0.1, 0.15) is 0 Å². The number of amides is 1. The first-order valence-corrected chi connectivity index (χ1v) is 8.92. The van der Waals surface area contributed by atoms with Crippen LogP contribution in [0.4, 0.5) is 0 Å². The molecule has 1 N–H and O–H groups in total. The molecular weight excluding hydrogens is 371 g/mol. The van der Waals surface area contributed by atoms with Crippen LogP contribution in [0.1, 0.15) is 43.0 Å². The number of hydrogen-bond donors (Lipinski definition) is 1. The van der Waals surface area contributed by atoms with Gasteiger partial charge in [0.2, 0.25) is 0 Å². The molecule has 1 aromatic rings. The third kappa shape index (κ3) is 4.72. The van der Waals surface area contributed by atoms with Gasteiger partial charge in [0, 0.05) is 24.5 Å². The predicted molar refractivity (Wildman–Crippen MR) is 88.9 cm³/mol. The SMILES string of the molecule is CCCCN1CCC(NC(=O)c2csc(I)c2)CC1. The van der Waals surface area contributed by atoms with Crippen molar-refractivity contribution in [3.8, 4) is 0 Å². The summed E-state index contributed by atoms with van der Waals surface area (Å²) in [6, 6.07) is 2.31. The molecule has 3 nitrogen and oxygen atoms in total. The minimum atomic E-state index is 0.0891. The second-order valence-corrected chi connectivity index (χ2v) is 7.89. The predicted octanol–water partition coefficient (Wildman–Crippen LogP) is 3.35. The lowest BCUT2D eigenvalue weighted by Crippen LogP contribution is -2.44. The van der Waals surface area contributed by atoms with Crippen LogP contribution in [0.3, 0.4) is 0 Å². The van der Waals surface area contributed by atoms with Gasteiger partial charge in [-0.1, -0.05) is 13.3 Å². The van der Waals surface area contributed by atoms with Crippen molar-refractivity contribution in [2.24, 2.45) is 0 Å². The number of likely N-dealkylation sites (tertiary alicyclic amines) is 1. The van der Waals surface area contributed by atoms with Crippen LogP contribution in [0, 0.1) is 2.88 Å². The molecule has 0 atom stereocenters. The maximum Gasteiger partial charge on any atom is 0.252 e. The maximum absolute atomic E-state index is 12.1. The highest BCUT2D eigenvalue weighted by molar-refractivity contribution is 14.1. The molecule has 1 fully saturated rings. The first-order chi connectivity index (χ1) is 9.19. The fourth-order valence-corrected chi connectivity index (χ4v) is 3.71. The lowest BCUT2D eigenvalue weighted by molar-refractivity contribution is 0.0911. The number of piperidine rings is 1. The fraction of sp³-hybridized carbons (Fsp3) is 0.643. The molecule has 1 aliphatic rings. The Morgan fingerprint density at radius 3 is 2.84 bits per heavy atom. The quantitative estimate of drug-likeness (QED) is 0.780. The zero-order valence-electron chi connectivity index (χ0n) is 11.3. The number of carbonyl (C=O) groups excluding carboxylic acids is 1. The second kappa shape index (κ2) is 7.59. The van der Waals surface area contributed by atoms with Gasteiger partial charge in [0.15, 0.2) is 0 Å². The lowest BCUT2D eigenvalue weighted by atomic mass is 10.0. The molecule has 1 aliphatic heterocycles. The molecule has 19 heavy (non-hydrogen) atoms. The third-order valence-corrected chi connectivity index (χ3v) is 5.37. The zero-order chi connectivity index (χ0) is 13.7. The van der Waals surface area contributed by atoms with Crippen molar-refractivity contribution in [2.75, 3.05) is 19.6 Å². The smallest absolute Gasteiger partial charge is 0.252 e. The van der Waals surface area contributed by atoms with E-state index in [2.05, 4.69) is 39.7 Å². The Morgan fingerprint density at radius 1 is 1.53 bits per heavy atom. The van der Waals surface area contributed by atoms with Crippen LogP contribution in [-0.2, 0) is 0 Å². The van der Waals surface area contributed by atoms with Gasteiger partial charge >= 0.3 is 0 Å². The molecule has 1 amide bonds. The average Bonchev–Trinajstić information content (AvgIpc) is 2.85. The molecule has 1 aromatic heterocycles. The van der Waals surface area contributed by atoms with Crippen LogP contribution in [0.25, 0.3) is 0 Å². The number of carbonyl (C=O) groups is 1. The second-order valence-electron chi connectivity index (χ2n) is 5.08. The van der Waals surface area contributed by atoms with Crippen molar-refractivity contribution in [3.63, 3.8) is 0 Å². The van der Waals surface area contributed by atoms with Gasteiger partial charge in [0.25, 0.3) is 5.91 Å². The van der Waals surface area contributed by atoms with Gasteiger partial charge in [-0.15, -0.1) is 11.3 Å². The van der Waals surface area contributed by atoms with E-state index in [0.717, 1.165) is 34.4 Å². The van der Waals surface area contributed by atoms with Crippen LogP contribution < -0.4 is 5.32 Å². The highest BCUT2D eigenvalue weighted by Gasteiger charge is 2.20. The first kappa shape index (κ1) is 15.3.